The molecule has 2 unspecified atom stereocenters. The van der Waals surface area contributed by atoms with E-state index in [0.717, 1.165) is 44.1 Å². The monoisotopic (exact) mass is 446 g/mol. The molecule has 6 rings (SSSR count). The van der Waals surface area contributed by atoms with Gasteiger partial charge in [-0.1, -0.05) is 0 Å². The van der Waals surface area contributed by atoms with Crippen LogP contribution in [0.2, 0.25) is 0 Å². The minimum absolute atomic E-state index is 0.0246. The van der Waals surface area contributed by atoms with Gasteiger partial charge in [0, 0.05) is 12.1 Å². The van der Waals surface area contributed by atoms with Crippen molar-refractivity contribution in [1.82, 2.24) is 10.2 Å². The smallest absolute Gasteiger partial charge is 0.246 e. The number of nitrogens with zero attached hydrogens (tertiary/aromatic N) is 1. The van der Waals surface area contributed by atoms with E-state index in [1.165, 1.54) is 6.07 Å². The van der Waals surface area contributed by atoms with E-state index in [2.05, 4.69) is 5.32 Å². The number of halogens is 1. The van der Waals surface area contributed by atoms with Crippen molar-refractivity contribution >= 4 is 11.8 Å². The van der Waals surface area contributed by atoms with Crippen LogP contribution < -0.4 is 10.1 Å². The molecule has 1 N–H and O–H groups in total. The summed E-state index contributed by atoms with van der Waals surface area (Å²) in [6.07, 6.45) is 5.41. The van der Waals surface area contributed by atoms with E-state index in [0.29, 0.717) is 25.5 Å². The number of fused-ring (bicyclic) bond motifs is 6. The van der Waals surface area contributed by atoms with Crippen LogP contribution in [0.15, 0.2) is 18.2 Å². The topological polar surface area (TPSA) is 77.1 Å². The van der Waals surface area contributed by atoms with Gasteiger partial charge in [0.2, 0.25) is 11.8 Å². The summed E-state index contributed by atoms with van der Waals surface area (Å²) in [6.45, 7) is 1.67. The van der Waals surface area contributed by atoms with Gasteiger partial charge in [-0.25, -0.2) is 4.39 Å². The predicted molar refractivity (Wildman–Crippen MR) is 114 cm³/mol. The maximum Gasteiger partial charge on any atom is 0.246 e. The number of hydrogen-bond donors (Lipinski definition) is 1. The first kappa shape index (κ1) is 21.6. The van der Waals surface area contributed by atoms with E-state index in [1.54, 1.807) is 12.1 Å². The molecule has 1 saturated carbocycles. The third-order valence-electron chi connectivity index (χ3n) is 7.49. The van der Waals surface area contributed by atoms with Crippen LogP contribution in [0.5, 0.6) is 5.75 Å². The van der Waals surface area contributed by atoms with Crippen LogP contribution in [0.4, 0.5) is 4.39 Å². The van der Waals surface area contributed by atoms with Gasteiger partial charge in [0.05, 0.1) is 43.9 Å². The number of benzene rings is 1. The van der Waals surface area contributed by atoms with Crippen molar-refractivity contribution in [2.24, 2.45) is 0 Å². The zero-order valence-corrected chi connectivity index (χ0v) is 18.3. The lowest BCUT2D eigenvalue weighted by Gasteiger charge is -2.51. The van der Waals surface area contributed by atoms with E-state index in [4.69, 9.17) is 14.2 Å². The number of piperidine rings is 1. The van der Waals surface area contributed by atoms with Crippen LogP contribution in [0.1, 0.15) is 56.4 Å². The van der Waals surface area contributed by atoms with E-state index in [1.807, 2.05) is 4.90 Å². The fourth-order valence-electron chi connectivity index (χ4n) is 5.85. The largest absolute Gasteiger partial charge is 0.493 e. The number of carbonyl (C=O) groups is 2. The summed E-state index contributed by atoms with van der Waals surface area (Å²) in [5, 5.41) is 3.14. The zero-order chi connectivity index (χ0) is 22.1. The molecule has 4 heterocycles. The van der Waals surface area contributed by atoms with Crippen molar-refractivity contribution in [2.45, 2.75) is 68.5 Å². The van der Waals surface area contributed by atoms with Gasteiger partial charge in [-0.15, -0.1) is 0 Å². The minimum Gasteiger partial charge on any atom is -0.493 e. The van der Waals surface area contributed by atoms with Gasteiger partial charge in [-0.3, -0.25) is 9.59 Å². The second-order valence-electron chi connectivity index (χ2n) is 9.49. The van der Waals surface area contributed by atoms with Crippen molar-refractivity contribution in [2.75, 3.05) is 33.0 Å². The molecule has 174 valence electrons. The van der Waals surface area contributed by atoms with Gasteiger partial charge < -0.3 is 24.4 Å². The Morgan fingerprint density at radius 1 is 1.16 bits per heavy atom. The Bertz CT molecular complexity index is 868. The van der Waals surface area contributed by atoms with Crippen LogP contribution in [0.25, 0.3) is 0 Å². The van der Waals surface area contributed by atoms with Crippen molar-refractivity contribution in [3.8, 4) is 5.75 Å². The van der Waals surface area contributed by atoms with Crippen molar-refractivity contribution in [1.29, 1.82) is 0 Å². The Hall–Kier alpha value is -2.19. The first-order chi connectivity index (χ1) is 15.5. The van der Waals surface area contributed by atoms with E-state index in [-0.39, 0.29) is 55.3 Å². The second kappa shape index (κ2) is 8.98. The number of ether oxygens (including phenoxy) is 3. The molecule has 1 spiro atoms. The molecule has 0 radical (unpaired) electrons. The number of hydrogen-bond acceptors (Lipinski definition) is 5. The summed E-state index contributed by atoms with van der Waals surface area (Å²) < 4.78 is 31.9. The molecule has 7 nitrogen and oxygen atoms in total. The highest BCUT2D eigenvalue weighted by Gasteiger charge is 2.49. The first-order valence-electron chi connectivity index (χ1n) is 11.8. The number of amides is 2. The molecule has 4 aliphatic heterocycles. The highest BCUT2D eigenvalue weighted by Crippen LogP contribution is 2.40. The van der Waals surface area contributed by atoms with Gasteiger partial charge >= 0.3 is 0 Å². The number of morpholine rings is 1. The van der Waals surface area contributed by atoms with Gasteiger partial charge in [0.1, 0.15) is 18.2 Å². The lowest BCUT2D eigenvalue weighted by atomic mass is 9.80. The molecule has 2 saturated heterocycles. The molecule has 2 amide bonds. The molecule has 2 atom stereocenters. The highest BCUT2D eigenvalue weighted by molar-refractivity contribution is 5.80. The first-order valence-corrected chi connectivity index (χ1v) is 11.8. The Kier molecular flexibility index (Phi) is 6.07. The fourth-order valence-corrected chi connectivity index (χ4v) is 5.85. The van der Waals surface area contributed by atoms with Crippen LogP contribution in [-0.4, -0.2) is 67.4 Å². The summed E-state index contributed by atoms with van der Waals surface area (Å²) in [5.74, 6) is 0.463. The number of nitrogens with one attached hydrogen (secondary N) is 1. The minimum atomic E-state index is -0.609. The Morgan fingerprint density at radius 2 is 2.00 bits per heavy atom. The molecule has 2 bridgehead atoms. The summed E-state index contributed by atoms with van der Waals surface area (Å²) >= 11 is 0. The van der Waals surface area contributed by atoms with Crippen molar-refractivity contribution < 1.29 is 28.2 Å². The van der Waals surface area contributed by atoms with Crippen molar-refractivity contribution in [3.05, 3.63) is 29.6 Å². The molecule has 3 fully saturated rings. The summed E-state index contributed by atoms with van der Waals surface area (Å²) in [7, 11) is 0. The molecule has 8 heteroatoms. The average Bonchev–Trinajstić information content (AvgIpc) is 2.79. The van der Waals surface area contributed by atoms with Crippen LogP contribution in [0.3, 0.4) is 0 Å². The molecular weight excluding hydrogens is 415 g/mol. The summed E-state index contributed by atoms with van der Waals surface area (Å²) in [5.41, 5.74) is 0.285. The summed E-state index contributed by atoms with van der Waals surface area (Å²) in [6, 6.07) is 4.40. The maximum absolute atomic E-state index is 14.0. The Balaban J connectivity index is 1.42. The normalized spacial score (nSPS) is 33.7. The third kappa shape index (κ3) is 4.22. The quantitative estimate of drug-likeness (QED) is 0.663. The standard InChI is InChI=1S/C24H31FN2O5/c25-17-4-7-20-19(12-17)16-2-5-18(6-3-16)32-13-21-24(15-30-14-22(28)26-24)9-1-10-27(21)23(29)8-11-31-20/h4,7,12,16,18,21H,1-3,5-6,8-11,13-15H2,(H,26,28). The average molecular weight is 447 g/mol. The summed E-state index contributed by atoms with van der Waals surface area (Å²) in [4.78, 5) is 27.3. The molecule has 5 aliphatic rings. The maximum atomic E-state index is 14.0. The molecule has 1 aromatic rings. The molecular formula is C24H31FN2O5. The Morgan fingerprint density at radius 3 is 2.81 bits per heavy atom. The Labute approximate surface area is 187 Å². The lowest BCUT2D eigenvalue weighted by molar-refractivity contribution is -0.155. The molecule has 1 aromatic carbocycles. The van der Waals surface area contributed by atoms with Gasteiger partial charge in [0.15, 0.2) is 0 Å². The van der Waals surface area contributed by atoms with Gasteiger partial charge in [-0.2, -0.15) is 0 Å². The predicted octanol–water partition coefficient (Wildman–Crippen LogP) is 2.53. The highest BCUT2D eigenvalue weighted by atomic mass is 19.1. The van der Waals surface area contributed by atoms with Crippen molar-refractivity contribution in [3.63, 3.8) is 0 Å². The molecule has 32 heavy (non-hydrogen) atoms. The lowest BCUT2D eigenvalue weighted by Crippen LogP contribution is -2.72. The fraction of sp³-hybridized carbons (Fsp3) is 0.667. The van der Waals surface area contributed by atoms with E-state index < -0.39 is 5.54 Å². The SMILES string of the molecule is O=C1COCC2(CCCN3C(=O)CCOc4ccc(F)cc4C4CCC(CC4)OCC32)N1. The number of rotatable bonds is 0. The van der Waals surface area contributed by atoms with Crippen LogP contribution in [0, 0.1) is 5.82 Å². The van der Waals surface area contributed by atoms with Gasteiger partial charge in [-0.05, 0) is 62.6 Å². The zero-order valence-electron chi connectivity index (χ0n) is 18.3. The van der Waals surface area contributed by atoms with Crippen LogP contribution in [-0.2, 0) is 19.1 Å². The van der Waals surface area contributed by atoms with Crippen LogP contribution >= 0.6 is 0 Å². The second-order valence-corrected chi connectivity index (χ2v) is 9.49. The number of carbonyl (C=O) groups excluding carboxylic acids is 2. The molecule has 0 aromatic heterocycles. The van der Waals surface area contributed by atoms with Gasteiger partial charge in [0.25, 0.3) is 0 Å². The molecule has 1 aliphatic carbocycles. The van der Waals surface area contributed by atoms with E-state index >= 15 is 0 Å². The van der Waals surface area contributed by atoms with E-state index in [9.17, 15) is 14.0 Å². The third-order valence-corrected chi connectivity index (χ3v) is 7.49.